The van der Waals surface area contributed by atoms with Crippen LogP contribution in [-0.4, -0.2) is 29.8 Å². The Morgan fingerprint density at radius 1 is 0.750 bits per heavy atom. The van der Waals surface area contributed by atoms with Crippen molar-refractivity contribution in [3.8, 4) is 0 Å². The van der Waals surface area contributed by atoms with Crippen molar-refractivity contribution < 1.29 is 11.0 Å². The molecule has 4 heteroatoms. The Bertz CT molecular complexity index is 6.00. The minimum absolute atomic E-state index is 0. The van der Waals surface area contributed by atoms with Crippen LogP contribution in [0.1, 0.15) is 0 Å². The van der Waals surface area contributed by atoms with E-state index in [9.17, 15) is 0 Å². The second-order valence-corrected chi connectivity index (χ2v) is 0. The first kappa shape index (κ1) is 96.8. The molecule has 0 saturated heterocycles. The van der Waals surface area contributed by atoms with Gasteiger partial charge in [-0.3, -0.25) is 0 Å². The van der Waals surface area contributed by atoms with E-state index in [0.29, 0.717) is 0 Å². The predicted molar refractivity (Wildman–Crippen MR) is 20.6 cm³/mol. The van der Waals surface area contributed by atoms with Crippen LogP contribution in [0.3, 0.4) is 0 Å². The normalized spacial score (nSPS) is 0. The van der Waals surface area contributed by atoms with Crippen LogP contribution >= 0.6 is 13.5 Å². The van der Waals surface area contributed by atoms with Crippen molar-refractivity contribution in [1.82, 2.24) is 0 Å². The summed E-state index contributed by atoms with van der Waals surface area (Å²) in [7, 11) is 0. The van der Waals surface area contributed by atoms with Crippen LogP contribution in [0.4, 0.5) is 0 Å². The molecule has 0 unspecified atom stereocenters. The molecule has 23 valence electrons. The Kier molecular flexibility index (Phi) is 1020. The summed E-state index contributed by atoms with van der Waals surface area (Å²) < 4.78 is 0. The molecule has 0 spiro atoms. The van der Waals surface area contributed by atoms with Crippen molar-refractivity contribution in [2.45, 2.75) is 0 Å². The van der Waals surface area contributed by atoms with Gasteiger partial charge in [0.05, 0.1) is 0 Å². The summed E-state index contributed by atoms with van der Waals surface area (Å²) in [6, 6.07) is 0. The zero-order chi connectivity index (χ0) is 0. The maximum atomic E-state index is 0. The smallest absolute Gasteiger partial charge is 0 e. The van der Waals surface area contributed by atoms with Gasteiger partial charge in [0.2, 0.25) is 0 Å². The molecule has 0 fully saturated rings. The van der Waals surface area contributed by atoms with Crippen LogP contribution in [0.15, 0.2) is 0 Å². The third-order valence-corrected chi connectivity index (χ3v) is 0. The van der Waals surface area contributed by atoms with Gasteiger partial charge in [-0.05, 0) is 0 Å². The molecule has 0 aliphatic rings. The first-order valence-electron chi connectivity index (χ1n) is 0. The Morgan fingerprint density at radius 3 is 0.750 bits per heavy atom. The third-order valence-electron chi connectivity index (χ3n) is 0. The molecule has 2 nitrogen and oxygen atoms in total. The van der Waals surface area contributed by atoms with Gasteiger partial charge in [0.1, 0.15) is 0 Å². The SMILES string of the molecule is O.O.[Li].[S]. The molecular formula is H4LiO2S. The molecule has 3 radical (unpaired) electrons. The summed E-state index contributed by atoms with van der Waals surface area (Å²) in [6.07, 6.45) is 0. The summed E-state index contributed by atoms with van der Waals surface area (Å²) in [5.41, 5.74) is 0. The fraction of sp³-hybridized carbons (Fsp3) is 0. The minimum atomic E-state index is 0. The summed E-state index contributed by atoms with van der Waals surface area (Å²) >= 11 is 0. The Hall–Kier alpha value is 0.867. The quantitative estimate of drug-likeness (QED) is 0.318. The monoisotopic (exact) mass is 75.0 g/mol. The van der Waals surface area contributed by atoms with Crippen LogP contribution in [0.5, 0.6) is 0 Å². The van der Waals surface area contributed by atoms with Gasteiger partial charge in [-0.25, -0.2) is 0 Å². The minimum Gasteiger partial charge on any atom is -0.412 e. The van der Waals surface area contributed by atoms with Crippen LogP contribution in [0.2, 0.25) is 0 Å². The van der Waals surface area contributed by atoms with E-state index in [1.165, 1.54) is 0 Å². The Labute approximate surface area is 43.8 Å². The fourth-order valence-electron chi connectivity index (χ4n) is 0. The van der Waals surface area contributed by atoms with Crippen LogP contribution in [-0.2, 0) is 0 Å². The summed E-state index contributed by atoms with van der Waals surface area (Å²) in [5.74, 6) is 0. The van der Waals surface area contributed by atoms with Gasteiger partial charge in [0.15, 0.2) is 0 Å². The van der Waals surface area contributed by atoms with E-state index in [1.54, 1.807) is 0 Å². The molecule has 0 amide bonds. The van der Waals surface area contributed by atoms with Crippen molar-refractivity contribution in [3.63, 3.8) is 0 Å². The standard InChI is InChI=1S/Li.2H2O.S/h;2*1H2;. The predicted octanol–water partition coefficient (Wildman–Crippen LogP) is -1.38. The molecule has 0 aliphatic heterocycles. The zero-order valence-electron chi connectivity index (χ0n) is 2.41. The summed E-state index contributed by atoms with van der Waals surface area (Å²) in [5, 5.41) is 0. The average Bonchev–Trinajstić information content (AvgIpc) is 0. The van der Waals surface area contributed by atoms with Gasteiger partial charge in [-0.1, -0.05) is 0 Å². The van der Waals surface area contributed by atoms with Gasteiger partial charge in [-0.15, -0.1) is 0 Å². The van der Waals surface area contributed by atoms with Crippen molar-refractivity contribution in [1.29, 1.82) is 0 Å². The average molecular weight is 75.0 g/mol. The van der Waals surface area contributed by atoms with E-state index in [1.807, 2.05) is 0 Å². The van der Waals surface area contributed by atoms with E-state index in [-0.39, 0.29) is 43.3 Å². The summed E-state index contributed by atoms with van der Waals surface area (Å²) in [6.45, 7) is 0. The van der Waals surface area contributed by atoms with Crippen molar-refractivity contribution in [2.75, 3.05) is 0 Å². The fourth-order valence-corrected chi connectivity index (χ4v) is 0. The van der Waals surface area contributed by atoms with E-state index >= 15 is 0 Å². The number of hydrogen-bond acceptors (Lipinski definition) is 0. The molecule has 4 heavy (non-hydrogen) atoms. The molecule has 0 aromatic carbocycles. The van der Waals surface area contributed by atoms with E-state index in [2.05, 4.69) is 0 Å². The molecule has 0 saturated carbocycles. The first-order valence-corrected chi connectivity index (χ1v) is 0. The molecule has 0 bridgehead atoms. The van der Waals surface area contributed by atoms with E-state index in [4.69, 9.17) is 0 Å². The molecule has 0 aromatic heterocycles. The summed E-state index contributed by atoms with van der Waals surface area (Å²) in [4.78, 5) is 0. The van der Waals surface area contributed by atoms with Gasteiger partial charge < -0.3 is 11.0 Å². The first-order chi connectivity index (χ1) is 0. The van der Waals surface area contributed by atoms with Crippen LogP contribution in [0.25, 0.3) is 0 Å². The largest absolute Gasteiger partial charge is 0.412 e. The Morgan fingerprint density at radius 2 is 0.750 bits per heavy atom. The van der Waals surface area contributed by atoms with Crippen molar-refractivity contribution in [2.24, 2.45) is 0 Å². The second-order valence-electron chi connectivity index (χ2n) is 0. The van der Waals surface area contributed by atoms with E-state index < -0.39 is 0 Å². The van der Waals surface area contributed by atoms with Crippen LogP contribution < -0.4 is 0 Å². The molecular weight excluding hydrogens is 71.0 g/mol. The maximum Gasteiger partial charge on any atom is 0 e. The van der Waals surface area contributed by atoms with Crippen molar-refractivity contribution in [3.05, 3.63) is 0 Å². The van der Waals surface area contributed by atoms with Gasteiger partial charge in [-0.2, -0.15) is 0 Å². The maximum absolute atomic E-state index is 0. The molecule has 0 rings (SSSR count). The van der Waals surface area contributed by atoms with Crippen molar-refractivity contribution >= 4 is 32.4 Å². The third kappa shape index (κ3) is 13.3. The molecule has 0 aliphatic carbocycles. The number of hydrogen-bond donors (Lipinski definition) is 0. The second kappa shape index (κ2) is 42.3. The topological polar surface area (TPSA) is 63.0 Å². The molecule has 0 aromatic rings. The molecule has 4 N–H and O–H groups in total. The van der Waals surface area contributed by atoms with Gasteiger partial charge in [0.25, 0.3) is 0 Å². The Balaban J connectivity index is 0. The van der Waals surface area contributed by atoms with E-state index in [0.717, 1.165) is 0 Å². The zero-order valence-corrected chi connectivity index (χ0v) is 3.22. The molecule has 0 atom stereocenters. The van der Waals surface area contributed by atoms with Gasteiger partial charge in [0, 0.05) is 32.4 Å². The van der Waals surface area contributed by atoms with Crippen LogP contribution in [0, 0.1) is 0 Å². The molecule has 0 heterocycles. The number of rotatable bonds is 0. The van der Waals surface area contributed by atoms with Gasteiger partial charge >= 0.3 is 0 Å².